The molecule has 1 rings (SSSR count). The van der Waals surface area contributed by atoms with Gasteiger partial charge in [-0.2, -0.15) is 0 Å². The van der Waals surface area contributed by atoms with Crippen molar-refractivity contribution in [2.45, 2.75) is 45.7 Å². The molecular formula is C14H21FN2O. The SMILES string of the molecule is CCC(CC)NC(=O)C(C)Nc1ccccc1F. The van der Waals surface area contributed by atoms with Gasteiger partial charge in [-0.15, -0.1) is 0 Å². The zero-order valence-corrected chi connectivity index (χ0v) is 11.2. The van der Waals surface area contributed by atoms with Crippen LogP contribution in [0, 0.1) is 5.82 Å². The van der Waals surface area contributed by atoms with E-state index in [4.69, 9.17) is 0 Å². The zero-order chi connectivity index (χ0) is 13.5. The number of nitrogens with one attached hydrogen (secondary N) is 2. The van der Waals surface area contributed by atoms with Crippen LogP contribution in [-0.2, 0) is 4.79 Å². The molecular weight excluding hydrogens is 231 g/mol. The Hall–Kier alpha value is -1.58. The van der Waals surface area contributed by atoms with E-state index in [9.17, 15) is 9.18 Å². The Morgan fingerprint density at radius 1 is 1.28 bits per heavy atom. The number of carbonyl (C=O) groups excluding carboxylic acids is 1. The lowest BCUT2D eigenvalue weighted by Crippen LogP contribution is -2.42. The summed E-state index contributed by atoms with van der Waals surface area (Å²) in [6, 6.07) is 6.07. The van der Waals surface area contributed by atoms with Crippen molar-refractivity contribution < 1.29 is 9.18 Å². The van der Waals surface area contributed by atoms with Crippen molar-refractivity contribution in [2.24, 2.45) is 0 Å². The average Bonchev–Trinajstić information content (AvgIpc) is 2.38. The Bertz CT molecular complexity index is 391. The number of carbonyl (C=O) groups is 1. The summed E-state index contributed by atoms with van der Waals surface area (Å²) in [5.74, 6) is -0.452. The molecule has 1 unspecified atom stereocenters. The monoisotopic (exact) mass is 252 g/mol. The van der Waals surface area contributed by atoms with Crippen molar-refractivity contribution in [3.05, 3.63) is 30.1 Å². The molecule has 1 atom stereocenters. The van der Waals surface area contributed by atoms with Crippen molar-refractivity contribution in [3.8, 4) is 0 Å². The van der Waals surface area contributed by atoms with Crippen LogP contribution in [-0.4, -0.2) is 18.0 Å². The normalized spacial score (nSPS) is 12.3. The van der Waals surface area contributed by atoms with E-state index < -0.39 is 6.04 Å². The molecule has 1 amide bonds. The van der Waals surface area contributed by atoms with Gasteiger partial charge in [0.1, 0.15) is 11.9 Å². The predicted molar refractivity (Wildman–Crippen MR) is 72.0 cm³/mol. The van der Waals surface area contributed by atoms with E-state index in [1.54, 1.807) is 25.1 Å². The first kappa shape index (κ1) is 14.5. The van der Waals surface area contributed by atoms with Crippen LogP contribution in [0.5, 0.6) is 0 Å². The van der Waals surface area contributed by atoms with E-state index in [-0.39, 0.29) is 17.8 Å². The summed E-state index contributed by atoms with van der Waals surface area (Å²) >= 11 is 0. The second-order valence-electron chi connectivity index (χ2n) is 4.37. The minimum atomic E-state index is -0.456. The van der Waals surface area contributed by atoms with Gasteiger partial charge >= 0.3 is 0 Å². The van der Waals surface area contributed by atoms with Crippen LogP contribution in [0.2, 0.25) is 0 Å². The highest BCUT2D eigenvalue weighted by molar-refractivity contribution is 5.84. The third kappa shape index (κ3) is 4.02. The van der Waals surface area contributed by atoms with Crippen LogP contribution >= 0.6 is 0 Å². The van der Waals surface area contributed by atoms with E-state index in [2.05, 4.69) is 10.6 Å². The number of hydrogen-bond donors (Lipinski definition) is 2. The summed E-state index contributed by atoms with van der Waals surface area (Å²) in [6.07, 6.45) is 1.79. The van der Waals surface area contributed by atoms with Crippen LogP contribution in [0.25, 0.3) is 0 Å². The van der Waals surface area contributed by atoms with Crippen LogP contribution in [0.1, 0.15) is 33.6 Å². The number of halogens is 1. The smallest absolute Gasteiger partial charge is 0.242 e. The fourth-order valence-corrected chi connectivity index (χ4v) is 1.70. The lowest BCUT2D eigenvalue weighted by Gasteiger charge is -2.20. The molecule has 0 saturated carbocycles. The summed E-state index contributed by atoms with van der Waals surface area (Å²) in [6.45, 7) is 5.79. The minimum Gasteiger partial charge on any atom is -0.372 e. The van der Waals surface area contributed by atoms with Gasteiger partial charge in [-0.25, -0.2) is 4.39 Å². The minimum absolute atomic E-state index is 0.105. The van der Waals surface area contributed by atoms with E-state index in [0.29, 0.717) is 5.69 Å². The van der Waals surface area contributed by atoms with E-state index in [1.165, 1.54) is 6.07 Å². The van der Waals surface area contributed by atoms with Gasteiger partial charge in [-0.3, -0.25) is 4.79 Å². The van der Waals surface area contributed by atoms with Crippen molar-refractivity contribution in [2.75, 3.05) is 5.32 Å². The molecule has 0 aliphatic carbocycles. The van der Waals surface area contributed by atoms with Gasteiger partial charge in [-0.1, -0.05) is 26.0 Å². The predicted octanol–water partition coefficient (Wildman–Crippen LogP) is 2.93. The molecule has 1 aromatic rings. The molecule has 0 bridgehead atoms. The molecule has 100 valence electrons. The summed E-state index contributed by atoms with van der Waals surface area (Å²) in [5.41, 5.74) is 0.352. The van der Waals surface area contributed by atoms with Crippen LogP contribution < -0.4 is 10.6 Å². The largest absolute Gasteiger partial charge is 0.372 e. The fourth-order valence-electron chi connectivity index (χ4n) is 1.70. The van der Waals surface area contributed by atoms with Gasteiger partial charge in [0, 0.05) is 6.04 Å². The summed E-state index contributed by atoms with van der Waals surface area (Å²) in [5, 5.41) is 5.81. The third-order valence-electron chi connectivity index (χ3n) is 2.97. The quantitative estimate of drug-likeness (QED) is 0.817. The van der Waals surface area contributed by atoms with Crippen LogP contribution in [0.4, 0.5) is 10.1 Å². The Morgan fingerprint density at radius 3 is 2.44 bits per heavy atom. The van der Waals surface area contributed by atoms with Gasteiger partial charge in [0.2, 0.25) is 5.91 Å². The molecule has 0 radical (unpaired) electrons. The Balaban J connectivity index is 2.57. The lowest BCUT2D eigenvalue weighted by molar-refractivity contribution is -0.122. The average molecular weight is 252 g/mol. The van der Waals surface area contributed by atoms with Crippen molar-refractivity contribution >= 4 is 11.6 Å². The summed E-state index contributed by atoms with van der Waals surface area (Å²) in [7, 11) is 0. The summed E-state index contributed by atoms with van der Waals surface area (Å²) < 4.78 is 13.4. The van der Waals surface area contributed by atoms with Gasteiger partial charge in [-0.05, 0) is 31.9 Å². The molecule has 1 aromatic carbocycles. The van der Waals surface area contributed by atoms with Crippen molar-refractivity contribution in [3.63, 3.8) is 0 Å². The zero-order valence-electron chi connectivity index (χ0n) is 11.2. The number of hydrogen-bond acceptors (Lipinski definition) is 2. The highest BCUT2D eigenvalue weighted by Gasteiger charge is 2.16. The first-order valence-electron chi connectivity index (χ1n) is 6.39. The number of anilines is 1. The Labute approximate surface area is 108 Å². The van der Waals surface area contributed by atoms with E-state index in [0.717, 1.165) is 12.8 Å². The third-order valence-corrected chi connectivity index (χ3v) is 2.97. The summed E-state index contributed by atoms with van der Waals surface area (Å²) in [4.78, 5) is 11.9. The molecule has 0 spiro atoms. The van der Waals surface area contributed by atoms with Gasteiger partial charge < -0.3 is 10.6 Å². The number of rotatable bonds is 6. The number of para-hydroxylation sites is 1. The van der Waals surface area contributed by atoms with E-state index >= 15 is 0 Å². The first-order valence-corrected chi connectivity index (χ1v) is 6.39. The molecule has 2 N–H and O–H groups in total. The maximum Gasteiger partial charge on any atom is 0.242 e. The molecule has 0 saturated heterocycles. The van der Waals surface area contributed by atoms with Gasteiger partial charge in [0.05, 0.1) is 5.69 Å². The lowest BCUT2D eigenvalue weighted by atomic mass is 10.1. The molecule has 0 aliphatic rings. The number of benzene rings is 1. The topological polar surface area (TPSA) is 41.1 Å². The highest BCUT2D eigenvalue weighted by atomic mass is 19.1. The Morgan fingerprint density at radius 2 is 1.89 bits per heavy atom. The molecule has 0 fully saturated rings. The Kier molecular flexibility index (Phi) is 5.62. The maximum absolute atomic E-state index is 13.4. The van der Waals surface area contributed by atoms with E-state index in [1.807, 2.05) is 13.8 Å². The molecule has 0 heterocycles. The second kappa shape index (κ2) is 6.99. The molecule has 3 nitrogen and oxygen atoms in total. The fraction of sp³-hybridized carbons (Fsp3) is 0.500. The van der Waals surface area contributed by atoms with Crippen LogP contribution in [0.3, 0.4) is 0 Å². The van der Waals surface area contributed by atoms with Crippen molar-refractivity contribution in [1.29, 1.82) is 0 Å². The maximum atomic E-state index is 13.4. The van der Waals surface area contributed by atoms with Gasteiger partial charge in [0.15, 0.2) is 0 Å². The first-order chi connectivity index (χ1) is 8.58. The standard InChI is InChI=1S/C14H21FN2O/c1-4-11(5-2)17-14(18)10(3)16-13-9-7-6-8-12(13)15/h6-11,16H,4-5H2,1-3H3,(H,17,18). The van der Waals surface area contributed by atoms with Crippen LogP contribution in [0.15, 0.2) is 24.3 Å². The van der Waals surface area contributed by atoms with Crippen molar-refractivity contribution in [1.82, 2.24) is 5.32 Å². The number of amides is 1. The van der Waals surface area contributed by atoms with Gasteiger partial charge in [0.25, 0.3) is 0 Å². The molecule has 4 heteroatoms. The molecule has 18 heavy (non-hydrogen) atoms. The molecule has 0 aromatic heterocycles. The molecule has 0 aliphatic heterocycles. The second-order valence-corrected chi connectivity index (χ2v) is 4.37. The highest BCUT2D eigenvalue weighted by Crippen LogP contribution is 2.13.